The van der Waals surface area contributed by atoms with Crippen molar-refractivity contribution in [3.8, 4) is 0 Å². The van der Waals surface area contributed by atoms with Crippen LogP contribution in [0.5, 0.6) is 0 Å². The molecule has 0 radical (unpaired) electrons. The molecule has 0 aliphatic carbocycles. The first-order valence-corrected chi connectivity index (χ1v) is 18.1. The van der Waals surface area contributed by atoms with Crippen molar-refractivity contribution in [3.05, 3.63) is 151 Å². The zero-order valence-electron chi connectivity index (χ0n) is 20.8. The molecule has 0 saturated carbocycles. The molecule has 6 nitrogen and oxygen atoms in total. The third kappa shape index (κ3) is 5.24. The number of benzene rings is 3. The van der Waals surface area contributed by atoms with Crippen molar-refractivity contribution in [3.63, 3.8) is 0 Å². The van der Waals surface area contributed by atoms with Crippen LogP contribution >= 0.6 is 0 Å². The predicted octanol–water partition coefficient (Wildman–Crippen LogP) is 4.80. The van der Waals surface area contributed by atoms with E-state index in [1.54, 1.807) is 24.3 Å². The summed E-state index contributed by atoms with van der Waals surface area (Å²) in [6, 6.07) is 34.6. The quantitative estimate of drug-likeness (QED) is 0.173. The van der Waals surface area contributed by atoms with E-state index in [0.717, 1.165) is 0 Å². The number of hydrogen-bond acceptors (Lipinski definition) is 6. The Bertz CT molecular complexity index is 1410. The Labute approximate surface area is 228 Å². The van der Waals surface area contributed by atoms with E-state index in [1.165, 1.54) is 36.8 Å². The van der Waals surface area contributed by atoms with Gasteiger partial charge < -0.3 is 0 Å². The Hall–Kier alpha value is -4.54. The SMILES string of the molecule is O=C(C=Cc1ccco1)[O][Sb]([O]C(=O)C=Cc1ccco1)([c]1ccccc1)([c]1ccccc1)[c]1ccccc1. The Morgan fingerprint density at radius 3 is 1.18 bits per heavy atom. The fourth-order valence-corrected chi connectivity index (χ4v) is 17.2. The van der Waals surface area contributed by atoms with E-state index >= 15 is 0 Å². The van der Waals surface area contributed by atoms with Crippen molar-refractivity contribution in [1.29, 1.82) is 0 Å². The first kappa shape index (κ1) is 26.1. The Morgan fingerprint density at radius 2 is 0.872 bits per heavy atom. The van der Waals surface area contributed by atoms with Crippen molar-refractivity contribution in [2.45, 2.75) is 0 Å². The summed E-state index contributed by atoms with van der Waals surface area (Å²) in [5, 5.41) is 0. The van der Waals surface area contributed by atoms with Gasteiger partial charge in [0.1, 0.15) is 0 Å². The van der Waals surface area contributed by atoms with Crippen molar-refractivity contribution >= 4 is 52.9 Å². The zero-order valence-corrected chi connectivity index (χ0v) is 23.4. The van der Waals surface area contributed by atoms with Crippen molar-refractivity contribution in [1.82, 2.24) is 0 Å². The van der Waals surface area contributed by atoms with Crippen LogP contribution in [0.25, 0.3) is 12.2 Å². The van der Waals surface area contributed by atoms with Crippen LogP contribution < -0.4 is 10.5 Å². The van der Waals surface area contributed by atoms with E-state index in [-0.39, 0.29) is 0 Å². The van der Waals surface area contributed by atoms with Gasteiger partial charge >= 0.3 is 229 Å². The molecule has 7 heteroatoms. The number of hydrogen-bond donors (Lipinski definition) is 0. The summed E-state index contributed by atoms with van der Waals surface area (Å²) in [4.78, 5) is 27.4. The van der Waals surface area contributed by atoms with Crippen molar-refractivity contribution < 1.29 is 24.5 Å². The van der Waals surface area contributed by atoms with Crippen LogP contribution in [-0.2, 0) is 15.6 Å². The molecule has 0 aliphatic rings. The summed E-state index contributed by atoms with van der Waals surface area (Å²) in [5.41, 5.74) is 0. The van der Waals surface area contributed by atoms with Crippen molar-refractivity contribution in [2.24, 2.45) is 0 Å². The summed E-state index contributed by atoms with van der Waals surface area (Å²) < 4.78 is 25.8. The van der Waals surface area contributed by atoms with Gasteiger partial charge in [0.25, 0.3) is 0 Å². The standard InChI is InChI=1S/2C7H6O3.3C6H5.Sb/c2*8-7(9)4-3-6-2-1-5-10-6;3*1-2-4-6-5-3-1;/h2*1-5H,(H,8,9);3*1-5H;/q;;;;;+2/p-2. The van der Waals surface area contributed by atoms with Gasteiger partial charge in [0.05, 0.1) is 0 Å². The number of carbonyl (C=O) groups excluding carboxylic acids is 2. The number of carbonyl (C=O) groups is 2. The normalized spacial score (nSPS) is 12.7. The van der Waals surface area contributed by atoms with Gasteiger partial charge in [-0.15, -0.1) is 0 Å². The van der Waals surface area contributed by atoms with Gasteiger partial charge in [0.15, 0.2) is 0 Å². The fourth-order valence-electron chi connectivity index (χ4n) is 4.36. The van der Waals surface area contributed by atoms with Gasteiger partial charge in [0.2, 0.25) is 0 Å². The Morgan fingerprint density at radius 1 is 0.513 bits per heavy atom. The van der Waals surface area contributed by atoms with Crippen LogP contribution in [0.15, 0.2) is 149 Å². The average molecular weight is 627 g/mol. The second kappa shape index (κ2) is 11.5. The average Bonchev–Trinajstić information content (AvgIpc) is 3.71. The van der Waals surface area contributed by atoms with E-state index in [1.807, 2.05) is 91.0 Å². The maximum atomic E-state index is 13.7. The van der Waals surface area contributed by atoms with E-state index in [4.69, 9.17) is 14.9 Å². The molecule has 0 aliphatic heterocycles. The van der Waals surface area contributed by atoms with Crippen molar-refractivity contribution in [2.75, 3.05) is 0 Å². The summed E-state index contributed by atoms with van der Waals surface area (Å²) in [7, 11) is 0. The minimum absolute atomic E-state index is 0.485. The van der Waals surface area contributed by atoms with Gasteiger partial charge in [0, 0.05) is 0 Å². The molecule has 0 amide bonds. The molecule has 5 aromatic rings. The molecule has 0 fully saturated rings. The molecular weight excluding hydrogens is 602 g/mol. The Balaban J connectivity index is 1.76. The molecule has 0 saturated heterocycles. The molecule has 5 rings (SSSR count). The predicted molar refractivity (Wildman–Crippen MR) is 152 cm³/mol. The van der Waals surface area contributed by atoms with Gasteiger partial charge in [-0.05, 0) is 0 Å². The van der Waals surface area contributed by atoms with E-state index < -0.39 is 30.2 Å². The molecule has 0 atom stereocenters. The monoisotopic (exact) mass is 626 g/mol. The fraction of sp³-hybridized carbons (Fsp3) is 0. The topological polar surface area (TPSA) is 78.9 Å². The molecule has 39 heavy (non-hydrogen) atoms. The molecule has 194 valence electrons. The maximum absolute atomic E-state index is 13.7. The summed E-state index contributed by atoms with van der Waals surface area (Å²) in [6.45, 7) is 0. The van der Waals surface area contributed by atoms with E-state index in [2.05, 4.69) is 0 Å². The second-order valence-corrected chi connectivity index (χ2v) is 19.4. The first-order valence-electron chi connectivity index (χ1n) is 12.2. The third-order valence-corrected chi connectivity index (χ3v) is 19.7. The molecule has 0 spiro atoms. The minimum atomic E-state index is -5.92. The molecule has 0 unspecified atom stereocenters. The third-order valence-electron chi connectivity index (χ3n) is 6.06. The van der Waals surface area contributed by atoms with Gasteiger partial charge in [-0.1, -0.05) is 0 Å². The molecule has 0 N–H and O–H groups in total. The summed E-state index contributed by atoms with van der Waals surface area (Å²) in [6.07, 6.45) is 8.63. The molecule has 3 aromatic carbocycles. The van der Waals surface area contributed by atoms with E-state index in [9.17, 15) is 9.59 Å². The number of rotatable bonds is 9. The van der Waals surface area contributed by atoms with Gasteiger partial charge in [-0.3, -0.25) is 0 Å². The van der Waals surface area contributed by atoms with Crippen LogP contribution in [0, 0.1) is 0 Å². The summed E-state index contributed by atoms with van der Waals surface area (Å²) >= 11 is -5.92. The first-order chi connectivity index (χ1) is 19.1. The Kier molecular flexibility index (Phi) is 7.66. The van der Waals surface area contributed by atoms with Crippen LogP contribution in [0.2, 0.25) is 0 Å². The van der Waals surface area contributed by atoms with Crippen LogP contribution in [0.3, 0.4) is 0 Å². The molecular formula is C32H25O6Sb. The van der Waals surface area contributed by atoms with E-state index in [0.29, 0.717) is 22.1 Å². The van der Waals surface area contributed by atoms with Crippen LogP contribution in [0.1, 0.15) is 11.5 Å². The second-order valence-electron chi connectivity index (χ2n) is 8.48. The number of furan rings is 2. The van der Waals surface area contributed by atoms with Gasteiger partial charge in [-0.2, -0.15) is 0 Å². The zero-order chi connectivity index (χ0) is 27.0. The molecule has 2 heterocycles. The molecule has 0 bridgehead atoms. The van der Waals surface area contributed by atoms with Crippen LogP contribution in [-0.4, -0.2) is 30.2 Å². The van der Waals surface area contributed by atoms with Crippen LogP contribution in [0.4, 0.5) is 0 Å². The summed E-state index contributed by atoms with van der Waals surface area (Å²) in [5.74, 6) is -0.378. The molecule has 2 aromatic heterocycles. The van der Waals surface area contributed by atoms with Gasteiger partial charge in [-0.25, -0.2) is 0 Å².